The molecule has 5 heteroatoms. The Morgan fingerprint density at radius 1 is 1.61 bits per heavy atom. The summed E-state index contributed by atoms with van der Waals surface area (Å²) in [6, 6.07) is 2.06. The van der Waals surface area contributed by atoms with Crippen LogP contribution < -0.4 is 4.74 Å². The van der Waals surface area contributed by atoms with Crippen LogP contribution in [0.5, 0.6) is 6.01 Å². The Hall–Kier alpha value is -1.65. The van der Waals surface area contributed by atoms with Crippen molar-refractivity contribution in [3.05, 3.63) is 18.0 Å². The smallest absolute Gasteiger partial charge is 0.317 e. The number of aromatic nitrogens is 2. The van der Waals surface area contributed by atoms with E-state index in [0.29, 0.717) is 5.92 Å². The highest BCUT2D eigenvalue weighted by Crippen LogP contribution is 2.15. The van der Waals surface area contributed by atoms with Gasteiger partial charge in [-0.25, -0.2) is 9.97 Å². The lowest BCUT2D eigenvalue weighted by molar-refractivity contribution is -0.135. The largest absolute Gasteiger partial charge is 0.453 e. The van der Waals surface area contributed by atoms with Gasteiger partial charge in [0.15, 0.2) is 6.61 Å². The van der Waals surface area contributed by atoms with Crippen LogP contribution in [0.25, 0.3) is 0 Å². The van der Waals surface area contributed by atoms with E-state index in [1.165, 1.54) is 6.42 Å². The summed E-state index contributed by atoms with van der Waals surface area (Å²) in [5.74, 6) is 0.601. The molecular formula is C13H19N3O2. The standard InChI is InChI=1S/C13H19N3O2/c1-10-4-3-7-16(8-10)12(17)9-18-13-14-6-5-11(2)15-13/h5-6,10H,3-4,7-9H2,1-2H3/t10-/m0/s1. The van der Waals surface area contributed by atoms with E-state index < -0.39 is 0 Å². The van der Waals surface area contributed by atoms with Crippen LogP contribution in [0.4, 0.5) is 0 Å². The van der Waals surface area contributed by atoms with Crippen LogP contribution in [-0.2, 0) is 4.79 Å². The molecule has 0 aromatic carbocycles. The van der Waals surface area contributed by atoms with Crippen molar-refractivity contribution >= 4 is 5.91 Å². The van der Waals surface area contributed by atoms with Gasteiger partial charge in [0.2, 0.25) is 0 Å². The van der Waals surface area contributed by atoms with Gasteiger partial charge in [0, 0.05) is 25.0 Å². The number of nitrogens with zero attached hydrogens (tertiary/aromatic N) is 3. The molecule has 0 spiro atoms. The van der Waals surface area contributed by atoms with Crippen LogP contribution in [0, 0.1) is 12.8 Å². The molecular weight excluding hydrogens is 230 g/mol. The summed E-state index contributed by atoms with van der Waals surface area (Å²) < 4.78 is 5.32. The van der Waals surface area contributed by atoms with E-state index in [9.17, 15) is 4.79 Å². The monoisotopic (exact) mass is 249 g/mol. The summed E-state index contributed by atoms with van der Waals surface area (Å²) in [5.41, 5.74) is 0.832. The van der Waals surface area contributed by atoms with E-state index in [-0.39, 0.29) is 18.5 Å². The van der Waals surface area contributed by atoms with Gasteiger partial charge in [-0.2, -0.15) is 0 Å². The molecule has 0 bridgehead atoms. The van der Waals surface area contributed by atoms with E-state index in [1.54, 1.807) is 12.3 Å². The van der Waals surface area contributed by atoms with Gasteiger partial charge in [0.05, 0.1) is 0 Å². The van der Waals surface area contributed by atoms with Gasteiger partial charge in [-0.3, -0.25) is 4.79 Å². The van der Waals surface area contributed by atoms with Crippen molar-refractivity contribution in [2.24, 2.45) is 5.92 Å². The molecule has 5 nitrogen and oxygen atoms in total. The predicted octanol–water partition coefficient (Wildman–Crippen LogP) is 1.42. The van der Waals surface area contributed by atoms with Gasteiger partial charge in [-0.15, -0.1) is 0 Å². The molecule has 18 heavy (non-hydrogen) atoms. The molecule has 1 saturated heterocycles. The molecule has 1 aliphatic rings. The molecule has 1 fully saturated rings. The van der Waals surface area contributed by atoms with Crippen LogP contribution in [0.2, 0.25) is 0 Å². The Labute approximate surface area is 107 Å². The third-order valence-corrected chi connectivity index (χ3v) is 3.11. The topological polar surface area (TPSA) is 55.3 Å². The number of rotatable bonds is 3. The van der Waals surface area contributed by atoms with Gasteiger partial charge in [-0.1, -0.05) is 6.92 Å². The molecule has 1 aromatic heterocycles. The minimum Gasteiger partial charge on any atom is -0.453 e. The van der Waals surface area contributed by atoms with E-state index in [2.05, 4.69) is 16.9 Å². The average molecular weight is 249 g/mol. The molecule has 0 unspecified atom stereocenters. The second kappa shape index (κ2) is 5.80. The molecule has 1 aromatic rings. The lowest BCUT2D eigenvalue weighted by Gasteiger charge is -2.30. The van der Waals surface area contributed by atoms with Crippen LogP contribution in [-0.4, -0.2) is 40.5 Å². The number of hydrogen-bond donors (Lipinski definition) is 0. The zero-order valence-corrected chi connectivity index (χ0v) is 10.9. The van der Waals surface area contributed by atoms with Crippen LogP contribution in [0.15, 0.2) is 12.3 Å². The minimum atomic E-state index is 0.0201. The Morgan fingerprint density at radius 2 is 2.44 bits per heavy atom. The van der Waals surface area contributed by atoms with Crippen molar-refractivity contribution < 1.29 is 9.53 Å². The minimum absolute atomic E-state index is 0.0201. The second-order valence-electron chi connectivity index (χ2n) is 4.86. The normalized spacial score (nSPS) is 19.7. The summed E-state index contributed by atoms with van der Waals surface area (Å²) in [6.07, 6.45) is 3.91. The number of piperidine rings is 1. The van der Waals surface area contributed by atoms with Crippen LogP contribution in [0.3, 0.4) is 0 Å². The summed E-state index contributed by atoms with van der Waals surface area (Å²) in [7, 11) is 0. The molecule has 0 saturated carbocycles. The first kappa shape index (κ1) is 12.8. The summed E-state index contributed by atoms with van der Waals surface area (Å²) in [6.45, 7) is 5.72. The van der Waals surface area contributed by atoms with E-state index >= 15 is 0 Å². The summed E-state index contributed by atoms with van der Waals surface area (Å²) >= 11 is 0. The maximum absolute atomic E-state index is 11.9. The fourth-order valence-electron chi connectivity index (χ4n) is 2.13. The van der Waals surface area contributed by atoms with Crippen LogP contribution >= 0.6 is 0 Å². The Morgan fingerprint density at radius 3 is 3.17 bits per heavy atom. The quantitative estimate of drug-likeness (QED) is 0.813. The Kier molecular flexibility index (Phi) is 4.12. The zero-order valence-electron chi connectivity index (χ0n) is 10.9. The first-order valence-electron chi connectivity index (χ1n) is 6.35. The molecule has 1 amide bonds. The third kappa shape index (κ3) is 3.42. The number of amides is 1. The molecule has 0 N–H and O–H groups in total. The van der Waals surface area contributed by atoms with E-state index in [1.807, 2.05) is 11.8 Å². The molecule has 0 aliphatic carbocycles. The SMILES string of the molecule is Cc1ccnc(OCC(=O)N2CCC[C@H](C)C2)n1. The zero-order chi connectivity index (χ0) is 13.0. The number of aryl methyl sites for hydroxylation is 1. The first-order valence-corrected chi connectivity index (χ1v) is 6.35. The van der Waals surface area contributed by atoms with Gasteiger partial charge in [0.25, 0.3) is 5.91 Å². The van der Waals surface area contributed by atoms with Gasteiger partial charge < -0.3 is 9.64 Å². The lowest BCUT2D eigenvalue weighted by Crippen LogP contribution is -2.41. The second-order valence-corrected chi connectivity index (χ2v) is 4.86. The molecule has 2 heterocycles. The average Bonchev–Trinajstić information content (AvgIpc) is 2.36. The fraction of sp³-hybridized carbons (Fsp3) is 0.615. The van der Waals surface area contributed by atoms with Crippen LogP contribution in [0.1, 0.15) is 25.5 Å². The highest BCUT2D eigenvalue weighted by molar-refractivity contribution is 5.77. The van der Waals surface area contributed by atoms with Crippen molar-refractivity contribution in [3.63, 3.8) is 0 Å². The predicted molar refractivity (Wildman–Crippen MR) is 67.2 cm³/mol. The molecule has 1 aliphatic heterocycles. The van der Waals surface area contributed by atoms with Crippen molar-refractivity contribution in [1.82, 2.24) is 14.9 Å². The highest BCUT2D eigenvalue weighted by Gasteiger charge is 2.21. The fourth-order valence-corrected chi connectivity index (χ4v) is 2.13. The Balaban J connectivity index is 1.84. The third-order valence-electron chi connectivity index (χ3n) is 3.11. The van der Waals surface area contributed by atoms with Gasteiger partial charge in [0.1, 0.15) is 0 Å². The van der Waals surface area contributed by atoms with E-state index in [0.717, 1.165) is 25.2 Å². The Bertz CT molecular complexity index is 422. The molecule has 2 rings (SSSR count). The maximum Gasteiger partial charge on any atom is 0.317 e. The number of hydrogen-bond acceptors (Lipinski definition) is 4. The van der Waals surface area contributed by atoms with E-state index in [4.69, 9.17) is 4.74 Å². The lowest BCUT2D eigenvalue weighted by atomic mass is 10.0. The van der Waals surface area contributed by atoms with Gasteiger partial charge >= 0.3 is 6.01 Å². The van der Waals surface area contributed by atoms with Crippen molar-refractivity contribution in [3.8, 4) is 6.01 Å². The van der Waals surface area contributed by atoms with Crippen molar-refractivity contribution in [2.75, 3.05) is 19.7 Å². The summed E-state index contributed by atoms with van der Waals surface area (Å²) in [5, 5.41) is 0. The number of ether oxygens (including phenoxy) is 1. The number of carbonyl (C=O) groups excluding carboxylic acids is 1. The number of likely N-dealkylation sites (tertiary alicyclic amines) is 1. The van der Waals surface area contributed by atoms with Gasteiger partial charge in [-0.05, 0) is 31.7 Å². The maximum atomic E-state index is 11.9. The van der Waals surface area contributed by atoms with Crippen molar-refractivity contribution in [2.45, 2.75) is 26.7 Å². The first-order chi connectivity index (χ1) is 8.65. The molecule has 0 radical (unpaired) electrons. The summed E-state index contributed by atoms with van der Waals surface area (Å²) in [4.78, 5) is 21.9. The highest BCUT2D eigenvalue weighted by atomic mass is 16.5. The number of carbonyl (C=O) groups is 1. The molecule has 1 atom stereocenters. The van der Waals surface area contributed by atoms with Crippen molar-refractivity contribution in [1.29, 1.82) is 0 Å². The molecule has 98 valence electrons.